The fraction of sp³-hybridized carbons (Fsp3) is 0.417. The summed E-state index contributed by atoms with van der Waals surface area (Å²) in [5, 5.41) is 20.6. The van der Waals surface area contributed by atoms with E-state index in [4.69, 9.17) is 5.73 Å². The topological polar surface area (TPSA) is 125 Å². The Balaban J connectivity index is 0.00000484. The normalized spacial score (nSPS) is 12.0. The number of methoxy groups -OCH3 is 1. The van der Waals surface area contributed by atoms with Crippen LogP contribution in [0, 0.1) is 10.1 Å². The molecule has 130 valence electrons. The van der Waals surface area contributed by atoms with E-state index in [2.05, 4.69) is 9.47 Å². The number of hydrogen-bond donors (Lipinski definition) is 2. The standard InChI is InChI=1S/C12H14F2N2O6.ClH/c1-3-22-11(18)12(13,14)10(15)7-4-6(16(19)20)5-8(21-2)9(7)17;/h4-5,10,17H,3,15H2,1-2H3;1H/t10-;/m1./s1. The van der Waals surface area contributed by atoms with Crippen LogP contribution in [0.1, 0.15) is 18.5 Å². The van der Waals surface area contributed by atoms with E-state index in [1.807, 2.05) is 0 Å². The van der Waals surface area contributed by atoms with Crippen LogP contribution in [0.3, 0.4) is 0 Å². The van der Waals surface area contributed by atoms with Gasteiger partial charge < -0.3 is 20.3 Å². The van der Waals surface area contributed by atoms with E-state index in [0.717, 1.165) is 13.2 Å². The van der Waals surface area contributed by atoms with Crippen LogP contribution in [0.15, 0.2) is 12.1 Å². The SMILES string of the molecule is CCOC(=O)C(F)(F)[C@H](N)c1cc([N+](=O)[O-])cc(OC)c1O.Cl. The quantitative estimate of drug-likeness (QED) is 0.453. The Morgan fingerprint density at radius 1 is 1.52 bits per heavy atom. The molecule has 1 rings (SSSR count). The number of phenolic OH excluding ortho intramolecular Hbond substituents is 1. The number of nitrogens with zero attached hydrogens (tertiary/aromatic N) is 1. The van der Waals surface area contributed by atoms with Gasteiger partial charge in [-0.05, 0) is 6.92 Å². The number of benzene rings is 1. The van der Waals surface area contributed by atoms with Crippen molar-refractivity contribution in [3.8, 4) is 11.5 Å². The molecule has 0 aliphatic rings. The second-order valence-electron chi connectivity index (χ2n) is 4.16. The van der Waals surface area contributed by atoms with E-state index in [1.165, 1.54) is 6.92 Å². The highest BCUT2D eigenvalue weighted by molar-refractivity contribution is 5.85. The maximum absolute atomic E-state index is 13.9. The summed E-state index contributed by atoms with van der Waals surface area (Å²) in [6.07, 6.45) is 0. The van der Waals surface area contributed by atoms with Gasteiger partial charge in [-0.3, -0.25) is 10.1 Å². The third-order valence-electron chi connectivity index (χ3n) is 2.79. The summed E-state index contributed by atoms with van der Waals surface area (Å²) in [6.45, 7) is 1.03. The Bertz CT molecular complexity index is 599. The predicted molar refractivity (Wildman–Crippen MR) is 77.1 cm³/mol. The molecular formula is C12H15ClF2N2O6. The minimum absolute atomic E-state index is 0. The summed E-state index contributed by atoms with van der Waals surface area (Å²) in [4.78, 5) is 21.2. The molecule has 0 saturated heterocycles. The number of aromatic hydroxyl groups is 1. The van der Waals surface area contributed by atoms with Gasteiger partial charge in [-0.25, -0.2) is 4.79 Å². The third kappa shape index (κ3) is 4.17. The summed E-state index contributed by atoms with van der Waals surface area (Å²) in [6, 6.07) is -0.857. The van der Waals surface area contributed by atoms with Crippen molar-refractivity contribution in [1.82, 2.24) is 0 Å². The smallest absolute Gasteiger partial charge is 0.379 e. The maximum Gasteiger partial charge on any atom is 0.379 e. The minimum atomic E-state index is -4.19. The number of nitrogens with two attached hydrogens (primary N) is 1. The molecule has 1 aromatic rings. The molecule has 1 atom stereocenters. The zero-order valence-electron chi connectivity index (χ0n) is 12.1. The van der Waals surface area contributed by atoms with Gasteiger partial charge in [0.15, 0.2) is 11.5 Å². The van der Waals surface area contributed by atoms with Crippen molar-refractivity contribution in [3.63, 3.8) is 0 Å². The fourth-order valence-electron chi connectivity index (χ4n) is 1.66. The summed E-state index contributed by atoms with van der Waals surface area (Å²) >= 11 is 0. The number of phenols is 1. The largest absolute Gasteiger partial charge is 0.504 e. The average molecular weight is 357 g/mol. The number of hydrogen-bond acceptors (Lipinski definition) is 7. The number of carbonyl (C=O) groups excluding carboxylic acids is 1. The zero-order valence-corrected chi connectivity index (χ0v) is 12.9. The summed E-state index contributed by atoms with van der Waals surface area (Å²) < 4.78 is 36.7. The van der Waals surface area contributed by atoms with Gasteiger partial charge in [0.1, 0.15) is 6.04 Å². The van der Waals surface area contributed by atoms with Gasteiger partial charge in [0.2, 0.25) is 0 Å². The first-order valence-electron chi connectivity index (χ1n) is 6.02. The minimum Gasteiger partial charge on any atom is -0.504 e. The highest BCUT2D eigenvalue weighted by Gasteiger charge is 2.49. The van der Waals surface area contributed by atoms with E-state index in [0.29, 0.717) is 6.07 Å². The van der Waals surface area contributed by atoms with Crippen molar-refractivity contribution < 1.29 is 33.1 Å². The van der Waals surface area contributed by atoms with Crippen molar-refractivity contribution in [1.29, 1.82) is 0 Å². The molecule has 0 spiro atoms. The molecular weight excluding hydrogens is 342 g/mol. The van der Waals surface area contributed by atoms with Gasteiger partial charge in [0.25, 0.3) is 5.69 Å². The first-order chi connectivity index (χ1) is 10.2. The van der Waals surface area contributed by atoms with Crippen LogP contribution in [-0.2, 0) is 9.53 Å². The lowest BCUT2D eigenvalue weighted by Gasteiger charge is -2.23. The molecule has 23 heavy (non-hydrogen) atoms. The Kier molecular flexibility index (Phi) is 7.13. The molecule has 0 amide bonds. The Morgan fingerprint density at radius 2 is 2.09 bits per heavy atom. The van der Waals surface area contributed by atoms with Gasteiger partial charge in [-0.2, -0.15) is 8.78 Å². The first-order valence-corrected chi connectivity index (χ1v) is 6.02. The van der Waals surface area contributed by atoms with Gasteiger partial charge >= 0.3 is 11.9 Å². The van der Waals surface area contributed by atoms with E-state index in [9.17, 15) is 28.8 Å². The third-order valence-corrected chi connectivity index (χ3v) is 2.79. The highest BCUT2D eigenvalue weighted by atomic mass is 35.5. The van der Waals surface area contributed by atoms with Crippen LogP contribution in [-0.4, -0.2) is 35.6 Å². The zero-order chi connectivity index (χ0) is 17.1. The van der Waals surface area contributed by atoms with Crippen LogP contribution in [0.25, 0.3) is 0 Å². The van der Waals surface area contributed by atoms with Gasteiger partial charge in [0.05, 0.1) is 24.7 Å². The van der Waals surface area contributed by atoms with Gasteiger partial charge in [-0.1, -0.05) is 0 Å². The number of nitro benzene ring substituents is 1. The molecule has 0 aliphatic carbocycles. The van der Waals surface area contributed by atoms with Gasteiger partial charge in [-0.15, -0.1) is 12.4 Å². The molecule has 0 saturated carbocycles. The highest BCUT2D eigenvalue weighted by Crippen LogP contribution is 2.42. The molecule has 0 aromatic heterocycles. The van der Waals surface area contributed by atoms with E-state index in [1.54, 1.807) is 0 Å². The van der Waals surface area contributed by atoms with Crippen molar-refractivity contribution in [3.05, 3.63) is 27.8 Å². The number of non-ortho nitro benzene ring substituents is 1. The number of nitro groups is 1. The number of alkyl halides is 2. The maximum atomic E-state index is 13.9. The molecule has 0 bridgehead atoms. The van der Waals surface area contributed by atoms with Crippen LogP contribution in [0.5, 0.6) is 11.5 Å². The Hall–Kier alpha value is -2.20. The summed E-state index contributed by atoms with van der Waals surface area (Å²) in [5.41, 5.74) is 3.98. The van der Waals surface area contributed by atoms with Crippen LogP contribution >= 0.6 is 12.4 Å². The average Bonchev–Trinajstić information content (AvgIpc) is 2.46. The number of rotatable bonds is 6. The number of ether oxygens (including phenoxy) is 2. The monoisotopic (exact) mass is 356 g/mol. The Labute approximate surface area is 135 Å². The lowest BCUT2D eigenvalue weighted by atomic mass is 9.99. The first kappa shape index (κ1) is 20.8. The lowest BCUT2D eigenvalue weighted by molar-refractivity contribution is -0.385. The van der Waals surface area contributed by atoms with Gasteiger partial charge in [0, 0.05) is 11.6 Å². The van der Waals surface area contributed by atoms with Crippen LogP contribution < -0.4 is 10.5 Å². The second kappa shape index (κ2) is 7.88. The molecule has 8 nitrogen and oxygen atoms in total. The molecule has 0 aliphatic heterocycles. The molecule has 0 heterocycles. The van der Waals surface area contributed by atoms with Crippen LogP contribution in [0.2, 0.25) is 0 Å². The second-order valence-corrected chi connectivity index (χ2v) is 4.16. The molecule has 11 heteroatoms. The van der Waals surface area contributed by atoms with E-state index >= 15 is 0 Å². The predicted octanol–water partition coefficient (Wildman–Crippen LogP) is 1.93. The van der Waals surface area contributed by atoms with E-state index < -0.39 is 45.6 Å². The lowest BCUT2D eigenvalue weighted by Crippen LogP contribution is -2.41. The number of carbonyl (C=O) groups is 1. The molecule has 0 radical (unpaired) electrons. The van der Waals surface area contributed by atoms with Crippen LogP contribution in [0.4, 0.5) is 14.5 Å². The number of halogens is 3. The molecule has 3 N–H and O–H groups in total. The fourth-order valence-corrected chi connectivity index (χ4v) is 1.66. The van der Waals surface area contributed by atoms with Crippen molar-refractivity contribution in [2.45, 2.75) is 18.9 Å². The molecule has 0 unspecified atom stereocenters. The summed E-state index contributed by atoms with van der Waals surface area (Å²) in [5.74, 6) is -7.32. The molecule has 0 fully saturated rings. The van der Waals surface area contributed by atoms with Crippen molar-refractivity contribution >= 4 is 24.1 Å². The van der Waals surface area contributed by atoms with Crippen molar-refractivity contribution in [2.75, 3.05) is 13.7 Å². The van der Waals surface area contributed by atoms with Crippen molar-refractivity contribution in [2.24, 2.45) is 5.73 Å². The Morgan fingerprint density at radius 3 is 2.52 bits per heavy atom. The van der Waals surface area contributed by atoms with E-state index in [-0.39, 0.29) is 19.0 Å². The molecule has 1 aromatic carbocycles. The number of esters is 1. The summed E-state index contributed by atoms with van der Waals surface area (Å²) in [7, 11) is 1.08.